The van der Waals surface area contributed by atoms with Gasteiger partial charge in [-0.2, -0.15) is 4.21 Å². The van der Waals surface area contributed by atoms with Gasteiger partial charge in [0.15, 0.2) is 0 Å². The van der Waals surface area contributed by atoms with E-state index in [1.807, 2.05) is 0 Å². The molecule has 0 saturated heterocycles. The summed E-state index contributed by atoms with van der Waals surface area (Å²) in [6, 6.07) is 0. The lowest BCUT2D eigenvalue weighted by atomic mass is 10.2. The first-order valence-corrected chi connectivity index (χ1v) is 7.99. The third-order valence-corrected chi connectivity index (χ3v) is 3.32. The predicted molar refractivity (Wildman–Crippen MR) is 72.9 cm³/mol. The molecule has 4 heteroatoms. The first-order valence-electron chi connectivity index (χ1n) is 6.99. The molecule has 0 heterocycles. The van der Waals surface area contributed by atoms with Crippen LogP contribution in [0.15, 0.2) is 0 Å². The van der Waals surface area contributed by atoms with Gasteiger partial charge in [0.2, 0.25) is 0 Å². The molecule has 1 unspecified atom stereocenters. The molecule has 0 saturated carbocycles. The highest BCUT2D eigenvalue weighted by atomic mass is 32.2. The molecule has 0 radical (unpaired) electrons. The van der Waals surface area contributed by atoms with Gasteiger partial charge in [0, 0.05) is 0 Å². The molecule has 3 nitrogen and oxygen atoms in total. The van der Waals surface area contributed by atoms with Crippen molar-refractivity contribution in [3.8, 4) is 0 Å². The van der Waals surface area contributed by atoms with Crippen LogP contribution in [0.2, 0.25) is 0 Å². The van der Waals surface area contributed by atoms with E-state index in [1.54, 1.807) is 0 Å². The molecule has 1 atom stereocenters. The molecule has 0 amide bonds. The molecule has 17 heavy (non-hydrogen) atoms. The SMILES string of the molecule is CCCCCCCOS(=O)OCCCCCC. The Morgan fingerprint density at radius 1 is 0.706 bits per heavy atom. The Morgan fingerprint density at radius 3 is 1.59 bits per heavy atom. The van der Waals surface area contributed by atoms with Gasteiger partial charge in [-0.15, -0.1) is 0 Å². The quantitative estimate of drug-likeness (QED) is 0.469. The van der Waals surface area contributed by atoms with Crippen LogP contribution < -0.4 is 0 Å². The Bertz CT molecular complexity index is 174. The molecule has 0 rings (SSSR count). The van der Waals surface area contributed by atoms with Crippen molar-refractivity contribution in [2.75, 3.05) is 13.2 Å². The number of unbranched alkanes of at least 4 members (excludes halogenated alkanes) is 7. The Kier molecular flexibility index (Phi) is 14.2. The van der Waals surface area contributed by atoms with E-state index in [1.165, 1.54) is 32.1 Å². The van der Waals surface area contributed by atoms with Gasteiger partial charge in [-0.05, 0) is 12.8 Å². The lowest BCUT2D eigenvalue weighted by Crippen LogP contribution is -2.04. The van der Waals surface area contributed by atoms with E-state index in [0.717, 1.165) is 25.7 Å². The van der Waals surface area contributed by atoms with Crippen molar-refractivity contribution >= 4 is 11.4 Å². The molecule has 0 spiro atoms. The summed E-state index contributed by atoms with van der Waals surface area (Å²) < 4.78 is 21.4. The largest absolute Gasteiger partial charge is 0.304 e. The minimum Gasteiger partial charge on any atom is -0.268 e. The van der Waals surface area contributed by atoms with E-state index in [-0.39, 0.29) is 0 Å². The molecular weight excluding hydrogens is 236 g/mol. The minimum absolute atomic E-state index is 0.544. The molecule has 104 valence electrons. The summed E-state index contributed by atoms with van der Waals surface area (Å²) in [7, 11) is 0. The van der Waals surface area contributed by atoms with E-state index in [2.05, 4.69) is 13.8 Å². The Morgan fingerprint density at radius 2 is 1.12 bits per heavy atom. The van der Waals surface area contributed by atoms with Gasteiger partial charge in [-0.3, -0.25) is 8.37 Å². The molecule has 0 N–H and O–H groups in total. The van der Waals surface area contributed by atoms with Crippen molar-refractivity contribution in [2.24, 2.45) is 0 Å². The molecule has 0 aromatic carbocycles. The smallest absolute Gasteiger partial charge is 0.268 e. The molecule has 0 aliphatic rings. The highest BCUT2D eigenvalue weighted by Crippen LogP contribution is 2.04. The zero-order valence-electron chi connectivity index (χ0n) is 11.4. The summed E-state index contributed by atoms with van der Waals surface area (Å²) in [4.78, 5) is 0. The normalized spacial score (nSPS) is 12.8. The van der Waals surface area contributed by atoms with E-state index < -0.39 is 11.4 Å². The van der Waals surface area contributed by atoms with Crippen LogP contribution in [0.25, 0.3) is 0 Å². The van der Waals surface area contributed by atoms with Crippen LogP contribution >= 0.6 is 0 Å². The monoisotopic (exact) mass is 264 g/mol. The van der Waals surface area contributed by atoms with Crippen LogP contribution in [0, 0.1) is 0 Å². The van der Waals surface area contributed by atoms with Crippen molar-refractivity contribution in [2.45, 2.75) is 71.6 Å². The van der Waals surface area contributed by atoms with E-state index >= 15 is 0 Å². The maximum absolute atomic E-state index is 11.2. The van der Waals surface area contributed by atoms with Crippen LogP contribution in [-0.4, -0.2) is 17.4 Å². The van der Waals surface area contributed by atoms with Crippen LogP contribution in [-0.2, 0) is 19.7 Å². The highest BCUT2D eigenvalue weighted by molar-refractivity contribution is 7.75. The highest BCUT2D eigenvalue weighted by Gasteiger charge is 2.00. The number of hydrogen-bond donors (Lipinski definition) is 0. The van der Waals surface area contributed by atoms with E-state index in [9.17, 15) is 4.21 Å². The molecular formula is C13H28O3S. The van der Waals surface area contributed by atoms with Crippen molar-refractivity contribution in [1.82, 2.24) is 0 Å². The van der Waals surface area contributed by atoms with Crippen LogP contribution in [0.3, 0.4) is 0 Å². The van der Waals surface area contributed by atoms with Gasteiger partial charge >= 0.3 is 11.4 Å². The van der Waals surface area contributed by atoms with Gasteiger partial charge in [-0.25, -0.2) is 0 Å². The Balaban J connectivity index is 3.12. The van der Waals surface area contributed by atoms with E-state index in [4.69, 9.17) is 8.37 Å². The maximum atomic E-state index is 11.2. The first-order chi connectivity index (χ1) is 8.31. The molecule has 0 fully saturated rings. The van der Waals surface area contributed by atoms with Crippen LogP contribution in [0.1, 0.15) is 71.6 Å². The predicted octanol–water partition coefficient (Wildman–Crippen LogP) is 4.15. The van der Waals surface area contributed by atoms with Crippen molar-refractivity contribution in [3.63, 3.8) is 0 Å². The van der Waals surface area contributed by atoms with Crippen LogP contribution in [0.4, 0.5) is 0 Å². The molecule has 0 bridgehead atoms. The third kappa shape index (κ3) is 14.0. The Hall–Kier alpha value is 0.0700. The summed E-state index contributed by atoms with van der Waals surface area (Å²) in [5, 5.41) is 0. The minimum atomic E-state index is -1.53. The molecule has 0 aliphatic heterocycles. The van der Waals surface area contributed by atoms with Crippen molar-refractivity contribution in [1.29, 1.82) is 0 Å². The van der Waals surface area contributed by atoms with Gasteiger partial charge in [0.25, 0.3) is 0 Å². The fourth-order valence-corrected chi connectivity index (χ4v) is 2.10. The fraction of sp³-hybridized carbons (Fsp3) is 1.00. The average molecular weight is 264 g/mol. The molecule has 0 aromatic rings. The average Bonchev–Trinajstić information content (AvgIpc) is 2.33. The maximum Gasteiger partial charge on any atom is 0.304 e. The fourth-order valence-electron chi connectivity index (χ4n) is 1.52. The zero-order chi connectivity index (χ0) is 12.8. The third-order valence-electron chi connectivity index (χ3n) is 2.60. The lowest BCUT2D eigenvalue weighted by molar-refractivity contribution is 0.241. The van der Waals surface area contributed by atoms with Crippen molar-refractivity contribution < 1.29 is 12.6 Å². The molecule has 0 aliphatic carbocycles. The lowest BCUT2D eigenvalue weighted by Gasteiger charge is -2.04. The second-order valence-electron chi connectivity index (χ2n) is 4.32. The first kappa shape index (κ1) is 17.1. The summed E-state index contributed by atoms with van der Waals surface area (Å²) >= 11 is -1.53. The number of rotatable bonds is 13. The topological polar surface area (TPSA) is 35.5 Å². The van der Waals surface area contributed by atoms with Gasteiger partial charge in [-0.1, -0.05) is 58.8 Å². The standard InChI is InChI=1S/C13H28O3S/c1-3-5-7-9-11-13-16-17(14)15-12-10-8-6-4-2/h3-13H2,1-2H3. The summed E-state index contributed by atoms with van der Waals surface area (Å²) in [6.07, 6.45) is 10.4. The van der Waals surface area contributed by atoms with Gasteiger partial charge in [0.1, 0.15) is 0 Å². The van der Waals surface area contributed by atoms with E-state index in [0.29, 0.717) is 13.2 Å². The van der Waals surface area contributed by atoms with Crippen LogP contribution in [0.5, 0.6) is 0 Å². The number of hydrogen-bond acceptors (Lipinski definition) is 3. The van der Waals surface area contributed by atoms with Crippen molar-refractivity contribution in [3.05, 3.63) is 0 Å². The zero-order valence-corrected chi connectivity index (χ0v) is 12.2. The van der Waals surface area contributed by atoms with Gasteiger partial charge < -0.3 is 0 Å². The van der Waals surface area contributed by atoms with Gasteiger partial charge in [0.05, 0.1) is 13.2 Å². The second-order valence-corrected chi connectivity index (χ2v) is 5.20. The summed E-state index contributed by atoms with van der Waals surface area (Å²) in [5.74, 6) is 0. The molecule has 0 aromatic heterocycles. The summed E-state index contributed by atoms with van der Waals surface area (Å²) in [6.45, 7) is 5.45. The summed E-state index contributed by atoms with van der Waals surface area (Å²) in [5.41, 5.74) is 0. The Labute approximate surface area is 109 Å². The second kappa shape index (κ2) is 14.1.